The highest BCUT2D eigenvalue weighted by Crippen LogP contribution is 2.11. The highest BCUT2D eigenvalue weighted by atomic mass is 32.3. The van der Waals surface area contributed by atoms with Crippen LogP contribution in [-0.4, -0.2) is 51.7 Å². The van der Waals surface area contributed by atoms with Crippen LogP contribution in [0.5, 0.6) is 0 Å². The lowest BCUT2D eigenvalue weighted by atomic mass is 10.1. The van der Waals surface area contributed by atoms with Crippen molar-refractivity contribution < 1.29 is 21.6 Å². The minimum atomic E-state index is -4.41. The van der Waals surface area contributed by atoms with Gasteiger partial charge in [-0.25, -0.2) is 8.42 Å². The molecular weight excluding hydrogens is 338 g/mol. The average Bonchev–Trinajstić information content (AvgIpc) is 2.54. The molecule has 154 valence electrons. The summed E-state index contributed by atoms with van der Waals surface area (Å²) in [5, 5.41) is 0. The van der Waals surface area contributed by atoms with Gasteiger partial charge in [0.25, 0.3) is 0 Å². The van der Waals surface area contributed by atoms with Crippen molar-refractivity contribution in [2.45, 2.75) is 90.9 Å². The summed E-state index contributed by atoms with van der Waals surface area (Å²) in [4.78, 5) is 0. The van der Waals surface area contributed by atoms with Crippen molar-refractivity contribution in [1.82, 2.24) is 0 Å². The minimum absolute atomic E-state index is 0.808. The third-order valence-electron chi connectivity index (χ3n) is 4.44. The normalized spacial score (nSPS) is 11.9. The highest BCUT2D eigenvalue weighted by molar-refractivity contribution is 7.80. The van der Waals surface area contributed by atoms with Gasteiger partial charge in [0.1, 0.15) is 0 Å². The van der Waals surface area contributed by atoms with Crippen molar-refractivity contribution in [3.8, 4) is 0 Å². The molecule has 25 heavy (non-hydrogen) atoms. The quantitative estimate of drug-likeness (QED) is 0.175. The minimum Gasteiger partial charge on any atom is -0.726 e. The molecule has 0 fully saturated rings. The SMILES string of the molecule is CCCCCCCC[N+](C)(C)CCCCCCCC.COS(=O)(=O)[O-]. The molecule has 0 spiro atoms. The van der Waals surface area contributed by atoms with Gasteiger partial charge in [-0.05, 0) is 25.7 Å². The van der Waals surface area contributed by atoms with E-state index < -0.39 is 10.4 Å². The van der Waals surface area contributed by atoms with Gasteiger partial charge in [-0.2, -0.15) is 0 Å². The lowest BCUT2D eigenvalue weighted by Gasteiger charge is -2.30. The molecular formula is C19H43NO4S. The van der Waals surface area contributed by atoms with E-state index in [0.29, 0.717) is 0 Å². The Morgan fingerprint density at radius 2 is 1.00 bits per heavy atom. The maximum atomic E-state index is 9.22. The van der Waals surface area contributed by atoms with Gasteiger partial charge in [0.2, 0.25) is 10.4 Å². The second-order valence-corrected chi connectivity index (χ2v) is 8.64. The second kappa shape index (κ2) is 17.3. The van der Waals surface area contributed by atoms with Gasteiger partial charge in [-0.1, -0.05) is 65.2 Å². The summed E-state index contributed by atoms with van der Waals surface area (Å²) in [6.45, 7) is 7.34. The van der Waals surface area contributed by atoms with E-state index in [2.05, 4.69) is 32.1 Å². The van der Waals surface area contributed by atoms with Gasteiger partial charge in [0.15, 0.2) is 0 Å². The first-order valence-electron chi connectivity index (χ1n) is 10.0. The molecule has 0 aliphatic carbocycles. The van der Waals surface area contributed by atoms with Gasteiger partial charge in [0, 0.05) is 0 Å². The lowest BCUT2D eigenvalue weighted by molar-refractivity contribution is -0.890. The van der Waals surface area contributed by atoms with Crippen molar-refractivity contribution in [3.05, 3.63) is 0 Å². The first-order chi connectivity index (χ1) is 11.7. The number of hydrogen-bond donors (Lipinski definition) is 0. The van der Waals surface area contributed by atoms with Crippen molar-refractivity contribution >= 4 is 10.4 Å². The Labute approximate surface area is 157 Å². The second-order valence-electron chi connectivity index (χ2n) is 7.49. The van der Waals surface area contributed by atoms with Gasteiger partial charge >= 0.3 is 0 Å². The van der Waals surface area contributed by atoms with Crippen LogP contribution < -0.4 is 0 Å². The summed E-state index contributed by atoms with van der Waals surface area (Å²) in [7, 11) is 1.23. The molecule has 0 aliphatic heterocycles. The molecule has 0 rings (SSSR count). The summed E-state index contributed by atoms with van der Waals surface area (Å²) in [6.07, 6.45) is 17.1. The molecule has 0 saturated carbocycles. The van der Waals surface area contributed by atoms with E-state index in [-0.39, 0.29) is 0 Å². The largest absolute Gasteiger partial charge is 0.726 e. The van der Waals surface area contributed by atoms with Crippen molar-refractivity contribution in [1.29, 1.82) is 0 Å². The van der Waals surface area contributed by atoms with E-state index in [0.717, 1.165) is 7.11 Å². The summed E-state index contributed by atoms with van der Waals surface area (Å²) < 4.78 is 32.3. The number of rotatable bonds is 15. The lowest BCUT2D eigenvalue weighted by Crippen LogP contribution is -2.41. The predicted molar refractivity (Wildman–Crippen MR) is 105 cm³/mol. The Bertz CT molecular complexity index is 352. The number of unbranched alkanes of at least 4 members (excludes halogenated alkanes) is 10. The topological polar surface area (TPSA) is 66.4 Å². The van der Waals surface area contributed by atoms with Crippen LogP contribution in [0.2, 0.25) is 0 Å². The van der Waals surface area contributed by atoms with Gasteiger partial charge in [0.05, 0.1) is 34.3 Å². The van der Waals surface area contributed by atoms with Crippen LogP contribution in [0.4, 0.5) is 0 Å². The van der Waals surface area contributed by atoms with E-state index in [4.69, 9.17) is 0 Å². The third-order valence-corrected chi connectivity index (χ3v) is 4.85. The molecule has 0 aromatic rings. The first-order valence-corrected chi connectivity index (χ1v) is 11.3. The standard InChI is InChI=1S/C18H40N.CH4O4S/c1-5-7-9-11-13-15-17-19(3,4)18-16-14-12-10-8-6-2;1-5-6(2,3)4/h5-18H2,1-4H3;1H3,(H,2,3,4)/q+1;/p-1. The predicted octanol–water partition coefficient (Wildman–Crippen LogP) is 4.88. The smallest absolute Gasteiger partial charge is 0.217 e. The molecule has 0 aromatic heterocycles. The van der Waals surface area contributed by atoms with Crippen LogP contribution in [0.15, 0.2) is 0 Å². The maximum absolute atomic E-state index is 9.22. The number of nitrogens with zero attached hydrogens (tertiary/aromatic N) is 1. The van der Waals surface area contributed by atoms with E-state index in [9.17, 15) is 13.0 Å². The van der Waals surface area contributed by atoms with Crippen LogP contribution in [0.25, 0.3) is 0 Å². The fourth-order valence-electron chi connectivity index (χ4n) is 2.75. The zero-order chi connectivity index (χ0) is 19.6. The van der Waals surface area contributed by atoms with Crippen LogP contribution in [0.1, 0.15) is 90.9 Å². The Balaban J connectivity index is 0. The summed E-state index contributed by atoms with van der Waals surface area (Å²) in [6, 6.07) is 0. The third kappa shape index (κ3) is 26.2. The Morgan fingerprint density at radius 3 is 1.28 bits per heavy atom. The highest BCUT2D eigenvalue weighted by Gasteiger charge is 2.13. The van der Waals surface area contributed by atoms with Gasteiger partial charge in [-0.3, -0.25) is 4.18 Å². The Hall–Kier alpha value is -0.170. The van der Waals surface area contributed by atoms with Gasteiger partial charge < -0.3 is 9.04 Å². The average molecular weight is 382 g/mol. The fourth-order valence-corrected chi connectivity index (χ4v) is 2.75. The Kier molecular flexibility index (Phi) is 18.7. The molecule has 0 bridgehead atoms. The molecule has 0 N–H and O–H groups in total. The maximum Gasteiger partial charge on any atom is 0.217 e. The first kappa shape index (κ1) is 27.1. The van der Waals surface area contributed by atoms with Gasteiger partial charge in [-0.15, -0.1) is 0 Å². The molecule has 0 saturated heterocycles. The number of hydrogen-bond acceptors (Lipinski definition) is 4. The zero-order valence-corrected chi connectivity index (χ0v) is 18.2. The number of quaternary nitrogens is 1. The summed E-state index contributed by atoms with van der Waals surface area (Å²) in [5.41, 5.74) is 0. The molecule has 5 nitrogen and oxygen atoms in total. The monoisotopic (exact) mass is 381 g/mol. The van der Waals surface area contributed by atoms with Crippen LogP contribution in [-0.2, 0) is 14.6 Å². The van der Waals surface area contributed by atoms with Crippen LogP contribution in [0, 0.1) is 0 Å². The molecule has 0 unspecified atom stereocenters. The summed E-state index contributed by atoms with van der Waals surface area (Å²) >= 11 is 0. The van der Waals surface area contributed by atoms with Crippen molar-refractivity contribution in [2.24, 2.45) is 0 Å². The molecule has 0 atom stereocenters. The molecule has 6 heteroatoms. The van der Waals surface area contributed by atoms with Crippen LogP contribution in [0.3, 0.4) is 0 Å². The molecule has 0 amide bonds. The van der Waals surface area contributed by atoms with E-state index >= 15 is 0 Å². The summed E-state index contributed by atoms with van der Waals surface area (Å²) in [5.74, 6) is 0. The van der Waals surface area contributed by atoms with Crippen LogP contribution >= 0.6 is 0 Å². The Morgan fingerprint density at radius 1 is 0.720 bits per heavy atom. The van der Waals surface area contributed by atoms with E-state index in [1.807, 2.05) is 0 Å². The zero-order valence-electron chi connectivity index (χ0n) is 17.4. The van der Waals surface area contributed by atoms with Crippen molar-refractivity contribution in [3.63, 3.8) is 0 Å². The van der Waals surface area contributed by atoms with E-state index in [1.165, 1.54) is 94.6 Å². The van der Waals surface area contributed by atoms with Crippen molar-refractivity contribution in [2.75, 3.05) is 34.3 Å². The molecule has 0 radical (unpaired) electrons. The van der Waals surface area contributed by atoms with E-state index in [1.54, 1.807) is 0 Å². The molecule has 0 heterocycles. The molecule has 0 aliphatic rings. The molecule has 0 aromatic carbocycles. The fraction of sp³-hybridized carbons (Fsp3) is 1.00.